The lowest BCUT2D eigenvalue weighted by molar-refractivity contribution is -0.687. The minimum Gasteiger partial charge on any atom is -0.412 e. The number of hydrogen-bond donors (Lipinski definition) is 0. The lowest BCUT2D eigenvalue weighted by Gasteiger charge is -2.44. The topological polar surface area (TPSA) is 30.2 Å². The molecule has 0 unspecified atom stereocenters. The molecule has 0 spiro atoms. The van der Waals surface area contributed by atoms with E-state index in [-0.39, 0.29) is 12.3 Å². The number of benzene rings is 6. The number of carbonyl (C=O) groups excluding carboxylic acids is 1. The van der Waals surface area contributed by atoms with Crippen LogP contribution in [0.2, 0.25) is 0 Å². The summed E-state index contributed by atoms with van der Waals surface area (Å²) in [6, 6.07) is 18.4. The summed E-state index contributed by atoms with van der Waals surface area (Å²) in [6.07, 6.45) is -5.47. The normalized spacial score (nSPS) is 11.5. The van der Waals surface area contributed by atoms with Crippen molar-refractivity contribution in [3.63, 3.8) is 0 Å². The monoisotopic (exact) mass is 975 g/mol. The Bertz CT molecular complexity index is 2770. The van der Waals surface area contributed by atoms with Gasteiger partial charge in [0.05, 0.1) is 5.39 Å². The molecule has 0 saturated heterocycles. The minimum absolute atomic E-state index is 0.0513. The molecule has 0 amide bonds. The first-order valence-electron chi connectivity index (χ1n) is 17.9. The smallest absolute Gasteiger partial charge is 0.378 e. The molecule has 1 aromatic heterocycles. The maximum atomic E-state index is 15.4. The Morgan fingerprint density at radius 3 is 1.03 bits per heavy atom. The summed E-state index contributed by atoms with van der Waals surface area (Å²) < 4.78 is 313. The number of alkyl halides is 1. The number of ketones is 1. The second kappa shape index (κ2) is 18.6. The van der Waals surface area contributed by atoms with Gasteiger partial charge in [-0.2, -0.15) is 4.57 Å². The van der Waals surface area contributed by atoms with Gasteiger partial charge in [0.1, 0.15) is 52.7 Å². The van der Waals surface area contributed by atoms with Crippen molar-refractivity contribution in [2.24, 2.45) is 0 Å². The number of rotatable bonds is 9. The van der Waals surface area contributed by atoms with E-state index in [1.807, 2.05) is 48.5 Å². The highest BCUT2D eigenvalue weighted by atomic mass is 19.2. The van der Waals surface area contributed by atoms with Crippen molar-refractivity contribution in [1.29, 1.82) is 0 Å². The predicted octanol–water partition coefficient (Wildman–Crippen LogP) is 9.16. The van der Waals surface area contributed by atoms with Crippen molar-refractivity contribution in [3.05, 3.63) is 189 Å². The van der Waals surface area contributed by atoms with E-state index >= 15 is 35.1 Å². The standard InChI is InChI=1S/C24BF20.C18H15FNO2/c26-5-1(6(27)14(35)21(42)13(5)34)25(2-7(28)15(36)22(43)16(37)8(2)29,3-9(30)17(38)23(44)18(39)10(3)31)4-11(32)19(40)24(45)20(41)12(4)33;19-13-22-18-16-9-5-4-6-14(16)10-11-20(18)12-17(21)15-7-2-1-3-8-15/h;1-11H,12-13H2/q-1;+1. The summed E-state index contributed by atoms with van der Waals surface area (Å²) in [5.41, 5.74) is -13.7. The maximum absolute atomic E-state index is 15.4. The average Bonchev–Trinajstić information content (AvgIpc) is 3.32. The molecule has 0 aliphatic heterocycles. The zero-order valence-corrected chi connectivity index (χ0v) is 32.0. The summed E-state index contributed by atoms with van der Waals surface area (Å²) in [7, 11) is 0. The van der Waals surface area contributed by atoms with Gasteiger partial charge in [-0.15, -0.1) is 21.9 Å². The number of halogens is 21. The van der Waals surface area contributed by atoms with Crippen LogP contribution in [0.1, 0.15) is 10.4 Å². The molecular formula is C42H15BF21NO2. The highest BCUT2D eigenvalue weighted by molar-refractivity contribution is 7.20. The van der Waals surface area contributed by atoms with Gasteiger partial charge in [0, 0.05) is 11.6 Å². The first-order chi connectivity index (χ1) is 31.5. The quantitative estimate of drug-likeness (QED) is 0.0361. The molecule has 67 heavy (non-hydrogen) atoms. The molecule has 7 rings (SSSR count). The molecule has 3 nitrogen and oxygen atoms in total. The van der Waals surface area contributed by atoms with Gasteiger partial charge in [0.2, 0.25) is 19.2 Å². The van der Waals surface area contributed by atoms with Gasteiger partial charge >= 0.3 is 5.88 Å². The molecule has 350 valence electrons. The summed E-state index contributed by atoms with van der Waals surface area (Å²) in [6.45, 7) is -0.836. The van der Waals surface area contributed by atoms with E-state index in [2.05, 4.69) is 0 Å². The average molecular weight is 975 g/mol. The van der Waals surface area contributed by atoms with Gasteiger partial charge in [0.25, 0.3) is 0 Å². The molecule has 0 fully saturated rings. The molecule has 0 N–H and O–H groups in total. The van der Waals surface area contributed by atoms with Gasteiger partial charge in [0.15, 0.2) is 76.0 Å². The van der Waals surface area contributed by atoms with E-state index < -0.39 is 151 Å². The molecule has 1 heterocycles. The van der Waals surface area contributed by atoms with Crippen LogP contribution in [0.5, 0.6) is 5.88 Å². The second-order valence-corrected chi connectivity index (χ2v) is 13.7. The van der Waals surface area contributed by atoms with E-state index in [1.54, 1.807) is 22.9 Å². The second-order valence-electron chi connectivity index (χ2n) is 13.7. The van der Waals surface area contributed by atoms with Gasteiger partial charge in [-0.3, -0.25) is 4.79 Å². The van der Waals surface area contributed by atoms with Crippen LogP contribution in [0, 0.1) is 116 Å². The first-order valence-corrected chi connectivity index (χ1v) is 17.9. The van der Waals surface area contributed by atoms with E-state index in [1.165, 1.54) is 0 Å². The Morgan fingerprint density at radius 1 is 0.403 bits per heavy atom. The lowest BCUT2D eigenvalue weighted by Crippen LogP contribution is -2.81. The zero-order chi connectivity index (χ0) is 49.7. The molecule has 7 aromatic rings. The number of ether oxygens (including phenoxy) is 1. The zero-order valence-electron chi connectivity index (χ0n) is 32.0. The van der Waals surface area contributed by atoms with Crippen LogP contribution < -0.4 is 31.2 Å². The molecule has 0 saturated carbocycles. The third-order valence-electron chi connectivity index (χ3n) is 10.2. The molecule has 0 radical (unpaired) electrons. The Kier molecular flexibility index (Phi) is 13.7. The number of fused-ring (bicyclic) bond motifs is 1. The highest BCUT2D eigenvalue weighted by Gasteiger charge is 2.52. The molecule has 0 aliphatic rings. The number of Topliss-reactive ketones (excluding diaryl/α,β-unsaturated/α-hetero) is 1. The Morgan fingerprint density at radius 2 is 0.701 bits per heavy atom. The highest BCUT2D eigenvalue weighted by Crippen LogP contribution is 2.31. The molecular weight excluding hydrogens is 960 g/mol. The van der Waals surface area contributed by atoms with Crippen LogP contribution in [0.4, 0.5) is 92.2 Å². The summed E-state index contributed by atoms with van der Waals surface area (Å²) >= 11 is 0. The molecule has 0 bridgehead atoms. The first kappa shape index (κ1) is 49.2. The van der Waals surface area contributed by atoms with Gasteiger partial charge < -0.3 is 4.74 Å². The predicted molar refractivity (Wildman–Crippen MR) is 191 cm³/mol. The third-order valence-corrected chi connectivity index (χ3v) is 10.2. The van der Waals surface area contributed by atoms with Crippen LogP contribution in [-0.4, -0.2) is 18.8 Å². The minimum atomic E-state index is -7.22. The number of hydrogen-bond acceptors (Lipinski definition) is 2. The fourth-order valence-corrected chi connectivity index (χ4v) is 7.31. The van der Waals surface area contributed by atoms with E-state index in [0.29, 0.717) is 11.4 Å². The van der Waals surface area contributed by atoms with Crippen LogP contribution in [-0.2, 0) is 6.54 Å². The van der Waals surface area contributed by atoms with Crippen molar-refractivity contribution in [2.75, 3.05) is 6.86 Å². The summed E-state index contributed by atoms with van der Waals surface area (Å²) in [5.74, 6) is -71.1. The van der Waals surface area contributed by atoms with Crippen molar-refractivity contribution in [1.82, 2.24) is 0 Å². The molecule has 6 aromatic carbocycles. The fourth-order valence-electron chi connectivity index (χ4n) is 7.31. The van der Waals surface area contributed by atoms with Gasteiger partial charge in [-0.1, -0.05) is 48.5 Å². The molecule has 0 atom stereocenters. The van der Waals surface area contributed by atoms with Crippen molar-refractivity contribution in [3.8, 4) is 5.88 Å². The van der Waals surface area contributed by atoms with Gasteiger partial charge in [-0.05, 0) is 11.5 Å². The summed E-state index contributed by atoms with van der Waals surface area (Å²) in [5, 5.41) is 1.72. The number of pyridine rings is 1. The van der Waals surface area contributed by atoms with Crippen molar-refractivity contribution in [2.45, 2.75) is 6.54 Å². The summed E-state index contributed by atoms with van der Waals surface area (Å²) in [4.78, 5) is 12.3. The van der Waals surface area contributed by atoms with E-state index in [4.69, 9.17) is 4.74 Å². The van der Waals surface area contributed by atoms with E-state index in [9.17, 15) is 61.9 Å². The fraction of sp³-hybridized carbons (Fsp3) is 0.0476. The maximum Gasteiger partial charge on any atom is 0.378 e. The van der Waals surface area contributed by atoms with E-state index in [0.717, 1.165) is 10.8 Å². The van der Waals surface area contributed by atoms with Crippen molar-refractivity contribution >= 4 is 44.6 Å². The van der Waals surface area contributed by atoms with Crippen LogP contribution in [0.3, 0.4) is 0 Å². The van der Waals surface area contributed by atoms with Crippen LogP contribution in [0.15, 0.2) is 66.9 Å². The molecule has 0 aliphatic carbocycles. The Balaban J connectivity index is 0.000000279. The number of nitrogens with zero attached hydrogens (tertiary/aromatic N) is 1. The Labute approximate surface area is 358 Å². The Hall–Kier alpha value is -7.21. The number of aromatic nitrogens is 1. The van der Waals surface area contributed by atoms with Gasteiger partial charge in [-0.25, -0.2) is 92.2 Å². The third kappa shape index (κ3) is 7.81. The van der Waals surface area contributed by atoms with Crippen LogP contribution in [0.25, 0.3) is 10.8 Å². The molecule has 25 heteroatoms. The SMILES string of the molecule is Fc1c(F)c(F)c([B-](c2c(F)c(F)c(F)c(F)c2F)(c2c(F)c(F)c(F)c(F)c2F)c2c(F)c(F)c(F)c(F)c2F)c(F)c1F.O=C(C[n+]1ccc2ccccc2c1OCF)c1ccccc1. The largest absolute Gasteiger partial charge is 0.412 e. The number of carbonyl (C=O) groups is 1. The lowest BCUT2D eigenvalue weighted by atomic mass is 9.12. The van der Waals surface area contributed by atoms with Crippen LogP contribution >= 0.6 is 0 Å². The van der Waals surface area contributed by atoms with Crippen molar-refractivity contribution < 1.29 is 106 Å².